The summed E-state index contributed by atoms with van der Waals surface area (Å²) in [5.41, 5.74) is 3.45. The lowest BCUT2D eigenvalue weighted by Crippen LogP contribution is -2.24. The molecule has 1 fully saturated rings. The second kappa shape index (κ2) is 8.52. The van der Waals surface area contributed by atoms with Crippen LogP contribution in [0.1, 0.15) is 29.2 Å². The summed E-state index contributed by atoms with van der Waals surface area (Å²) in [5, 5.41) is 7.41. The van der Waals surface area contributed by atoms with Crippen molar-refractivity contribution >= 4 is 5.69 Å². The van der Waals surface area contributed by atoms with Crippen LogP contribution in [0.25, 0.3) is 0 Å². The molecule has 8 heteroatoms. The largest absolute Gasteiger partial charge is 0.495 e. The molecule has 1 aliphatic rings. The molecule has 0 aromatic carbocycles. The number of hydrogen-bond donors (Lipinski definition) is 1. The molecule has 0 amide bonds. The zero-order valence-corrected chi connectivity index (χ0v) is 17.3. The fourth-order valence-corrected chi connectivity index (χ4v) is 3.37. The Morgan fingerprint density at radius 2 is 2.13 bits per heavy atom. The van der Waals surface area contributed by atoms with Gasteiger partial charge in [0.25, 0.3) is 5.56 Å². The number of anilines is 1. The Bertz CT molecular complexity index is 1080. The highest BCUT2D eigenvalue weighted by molar-refractivity contribution is 5.44. The molecule has 8 nitrogen and oxygen atoms in total. The van der Waals surface area contributed by atoms with Crippen molar-refractivity contribution in [2.45, 2.75) is 25.8 Å². The molecule has 0 unspecified atom stereocenters. The van der Waals surface area contributed by atoms with E-state index in [0.29, 0.717) is 36.6 Å². The van der Waals surface area contributed by atoms with Crippen LogP contribution in [-0.2, 0) is 13.6 Å². The summed E-state index contributed by atoms with van der Waals surface area (Å²) in [6.07, 6.45) is 6.31. The number of methoxy groups -OCH3 is 1. The van der Waals surface area contributed by atoms with Crippen LogP contribution in [0.2, 0.25) is 0 Å². The van der Waals surface area contributed by atoms with Crippen molar-refractivity contribution in [1.82, 2.24) is 19.7 Å². The predicted molar refractivity (Wildman–Crippen MR) is 113 cm³/mol. The molecule has 0 bridgehead atoms. The van der Waals surface area contributed by atoms with Crippen LogP contribution in [0.15, 0.2) is 47.7 Å². The molecule has 4 rings (SSSR count). The van der Waals surface area contributed by atoms with Crippen LogP contribution in [-0.4, -0.2) is 33.5 Å². The van der Waals surface area contributed by atoms with Crippen molar-refractivity contribution in [2.75, 3.05) is 19.0 Å². The smallest absolute Gasteiger partial charge is 0.290 e. The van der Waals surface area contributed by atoms with Gasteiger partial charge in [0.1, 0.15) is 11.4 Å². The molecule has 3 aromatic rings. The van der Waals surface area contributed by atoms with Gasteiger partial charge in [0.2, 0.25) is 5.88 Å². The molecule has 0 spiro atoms. The van der Waals surface area contributed by atoms with E-state index < -0.39 is 0 Å². The van der Waals surface area contributed by atoms with Crippen LogP contribution >= 0.6 is 0 Å². The van der Waals surface area contributed by atoms with E-state index in [1.165, 1.54) is 4.68 Å². The van der Waals surface area contributed by atoms with E-state index in [9.17, 15) is 4.79 Å². The Kier molecular flexibility index (Phi) is 5.65. The molecule has 30 heavy (non-hydrogen) atoms. The van der Waals surface area contributed by atoms with E-state index in [0.717, 1.165) is 29.0 Å². The molecule has 0 radical (unpaired) electrons. The van der Waals surface area contributed by atoms with Gasteiger partial charge in [0.15, 0.2) is 0 Å². The zero-order valence-electron chi connectivity index (χ0n) is 17.3. The maximum atomic E-state index is 12.4. The number of hydrogen-bond acceptors (Lipinski definition) is 7. The van der Waals surface area contributed by atoms with E-state index >= 15 is 0 Å². The van der Waals surface area contributed by atoms with Crippen LogP contribution in [0.5, 0.6) is 11.6 Å². The van der Waals surface area contributed by atoms with Gasteiger partial charge < -0.3 is 14.8 Å². The molecule has 0 aliphatic heterocycles. The van der Waals surface area contributed by atoms with E-state index in [-0.39, 0.29) is 5.56 Å². The zero-order chi connectivity index (χ0) is 21.1. The molecule has 2 atom stereocenters. The molecule has 3 heterocycles. The summed E-state index contributed by atoms with van der Waals surface area (Å²) in [4.78, 5) is 21.0. The molecule has 1 saturated carbocycles. The minimum Gasteiger partial charge on any atom is -0.495 e. The van der Waals surface area contributed by atoms with Gasteiger partial charge in [0.05, 0.1) is 19.9 Å². The molecule has 3 aromatic heterocycles. The van der Waals surface area contributed by atoms with Gasteiger partial charge in [-0.2, -0.15) is 0 Å². The SMILES string of the molecule is COc1ccc([C@H]2C[C@@H]2COc2cc(NCc3cnccc3C)c(=O)n(C)n2)nc1. The summed E-state index contributed by atoms with van der Waals surface area (Å²) >= 11 is 0. The van der Waals surface area contributed by atoms with Crippen molar-refractivity contribution in [3.8, 4) is 11.6 Å². The van der Waals surface area contributed by atoms with Gasteiger partial charge in [0, 0.05) is 49.6 Å². The second-order valence-electron chi connectivity index (χ2n) is 7.52. The Morgan fingerprint density at radius 3 is 2.87 bits per heavy atom. The van der Waals surface area contributed by atoms with Crippen LogP contribution in [0.4, 0.5) is 5.69 Å². The van der Waals surface area contributed by atoms with Gasteiger partial charge in [-0.25, -0.2) is 4.68 Å². The number of aryl methyl sites for hydroxylation is 2. The van der Waals surface area contributed by atoms with E-state index in [1.54, 1.807) is 38.8 Å². The van der Waals surface area contributed by atoms with E-state index in [4.69, 9.17) is 9.47 Å². The van der Waals surface area contributed by atoms with Crippen LogP contribution in [0.3, 0.4) is 0 Å². The average Bonchev–Trinajstić information content (AvgIpc) is 3.54. The Labute approximate surface area is 174 Å². The monoisotopic (exact) mass is 407 g/mol. The summed E-state index contributed by atoms with van der Waals surface area (Å²) < 4.78 is 12.4. The molecule has 0 saturated heterocycles. The first-order chi connectivity index (χ1) is 14.5. The van der Waals surface area contributed by atoms with Crippen molar-refractivity contribution in [3.05, 3.63) is 70.0 Å². The number of aromatic nitrogens is 4. The fourth-order valence-electron chi connectivity index (χ4n) is 3.37. The fraction of sp³-hybridized carbons (Fsp3) is 0.364. The van der Waals surface area contributed by atoms with Crippen molar-refractivity contribution < 1.29 is 9.47 Å². The number of nitrogens with zero attached hydrogens (tertiary/aromatic N) is 4. The van der Waals surface area contributed by atoms with Crippen molar-refractivity contribution in [3.63, 3.8) is 0 Å². The van der Waals surface area contributed by atoms with Gasteiger partial charge in [-0.3, -0.25) is 14.8 Å². The summed E-state index contributed by atoms with van der Waals surface area (Å²) in [6.45, 7) is 3.05. The van der Waals surface area contributed by atoms with Gasteiger partial charge in [-0.05, 0) is 42.7 Å². The summed E-state index contributed by atoms with van der Waals surface area (Å²) in [7, 11) is 3.25. The quantitative estimate of drug-likeness (QED) is 0.614. The maximum absolute atomic E-state index is 12.4. The van der Waals surface area contributed by atoms with Gasteiger partial charge >= 0.3 is 0 Å². The lowest BCUT2D eigenvalue weighted by Gasteiger charge is -2.11. The molecule has 1 N–H and O–H groups in total. The number of pyridine rings is 2. The molecule has 156 valence electrons. The van der Waals surface area contributed by atoms with Crippen molar-refractivity contribution in [1.29, 1.82) is 0 Å². The summed E-state index contributed by atoms with van der Waals surface area (Å²) in [6, 6.07) is 7.53. The lowest BCUT2D eigenvalue weighted by molar-refractivity contribution is 0.278. The van der Waals surface area contributed by atoms with Gasteiger partial charge in [-0.1, -0.05) is 0 Å². The normalized spacial score (nSPS) is 17.4. The van der Waals surface area contributed by atoms with E-state index in [2.05, 4.69) is 20.4 Å². The standard InChI is InChI=1S/C22H25N5O3/c1-14-6-7-23-10-16(14)11-24-20-9-21(26-27(2)22(20)28)30-13-15-8-18(15)19-5-4-17(29-3)12-25-19/h4-7,9-10,12,15,18,24H,8,11,13H2,1-3H3/t15-,18+/m1/s1. The van der Waals surface area contributed by atoms with Crippen LogP contribution in [0, 0.1) is 12.8 Å². The minimum absolute atomic E-state index is 0.198. The summed E-state index contributed by atoms with van der Waals surface area (Å²) in [5.74, 6) is 1.95. The maximum Gasteiger partial charge on any atom is 0.290 e. The first kappa shape index (κ1) is 19.9. The van der Waals surface area contributed by atoms with Gasteiger partial charge in [-0.15, -0.1) is 5.10 Å². The molecule has 1 aliphatic carbocycles. The van der Waals surface area contributed by atoms with Crippen molar-refractivity contribution in [2.24, 2.45) is 13.0 Å². The Balaban J connectivity index is 1.38. The lowest BCUT2D eigenvalue weighted by atomic mass is 10.1. The first-order valence-electron chi connectivity index (χ1n) is 9.89. The number of nitrogens with one attached hydrogen (secondary N) is 1. The third kappa shape index (κ3) is 4.42. The highest BCUT2D eigenvalue weighted by Crippen LogP contribution is 2.46. The average molecular weight is 407 g/mol. The van der Waals surface area contributed by atoms with Crippen LogP contribution < -0.4 is 20.3 Å². The highest BCUT2D eigenvalue weighted by Gasteiger charge is 2.40. The van der Waals surface area contributed by atoms with E-state index in [1.807, 2.05) is 25.1 Å². The number of ether oxygens (including phenoxy) is 2. The predicted octanol–water partition coefficient (Wildman–Crippen LogP) is 2.68. The second-order valence-corrected chi connectivity index (χ2v) is 7.52. The first-order valence-corrected chi connectivity index (χ1v) is 9.89. The third-order valence-electron chi connectivity index (χ3n) is 5.40. The molecular formula is C22H25N5O3. The third-order valence-corrected chi connectivity index (χ3v) is 5.40. The molecular weight excluding hydrogens is 382 g/mol. The minimum atomic E-state index is -0.198. The Hall–Kier alpha value is -3.42. The topological polar surface area (TPSA) is 91.2 Å². The highest BCUT2D eigenvalue weighted by atomic mass is 16.5. The Morgan fingerprint density at radius 1 is 1.27 bits per heavy atom. The number of rotatable bonds is 8.